The number of carbonyl (C=O) groups is 2. The van der Waals surface area contributed by atoms with Crippen LogP contribution in [0.4, 0.5) is 4.39 Å². The molecular weight excluding hydrogens is 837 g/mol. The summed E-state index contributed by atoms with van der Waals surface area (Å²) in [5, 5.41) is 29.4. The third kappa shape index (κ3) is 7.61. The minimum atomic E-state index is -2.95. The van der Waals surface area contributed by atoms with Crippen LogP contribution in [-0.2, 0) is 30.6 Å². The Bertz CT molecular complexity index is 2260. The number of hydrogen-bond donors (Lipinski definition) is 3. The van der Waals surface area contributed by atoms with Crippen LogP contribution in [0.3, 0.4) is 0 Å². The Morgan fingerprint density at radius 1 is 1.02 bits per heavy atom. The van der Waals surface area contributed by atoms with Crippen molar-refractivity contribution in [3.8, 4) is 11.6 Å². The Morgan fingerprint density at radius 2 is 1.64 bits per heavy atom. The number of rotatable bonds is 14. The van der Waals surface area contributed by atoms with Gasteiger partial charge in [0.25, 0.3) is 5.88 Å². The van der Waals surface area contributed by atoms with Crippen LogP contribution in [-0.4, -0.2) is 73.0 Å². The molecule has 7 rings (SSSR count). The molecule has 0 spiro atoms. The lowest BCUT2D eigenvalue weighted by atomic mass is 9.58. The molecule has 3 aliphatic rings. The van der Waals surface area contributed by atoms with Gasteiger partial charge in [-0.1, -0.05) is 81.4 Å². The van der Waals surface area contributed by atoms with Gasteiger partial charge >= 0.3 is 0 Å². The average molecular weight is 891 g/mol. The Morgan fingerprint density at radius 3 is 2.24 bits per heavy atom. The highest BCUT2D eigenvalue weighted by Crippen LogP contribution is 2.60. The van der Waals surface area contributed by atoms with Gasteiger partial charge in [-0.25, -0.2) is 4.39 Å². The second kappa shape index (κ2) is 16.7. The molecule has 0 saturated heterocycles. The number of fused-ring (bicyclic) bond motifs is 4. The summed E-state index contributed by atoms with van der Waals surface area (Å²) < 4.78 is 43.1. The zero-order valence-corrected chi connectivity index (χ0v) is 37.2. The third-order valence-electron chi connectivity index (χ3n) is 12.5. The van der Waals surface area contributed by atoms with Gasteiger partial charge < -0.3 is 34.0 Å². The zero-order chi connectivity index (χ0) is 42.4. The summed E-state index contributed by atoms with van der Waals surface area (Å²) in [4.78, 5) is 32.8. The highest BCUT2D eigenvalue weighted by molar-refractivity contribution is 9.10. The number of aliphatic hydroxyl groups is 2. The molecule has 0 aliphatic heterocycles. The number of Topliss-reactive ketones (excluding diaryl/α,β-unsaturated/α-hetero) is 2. The molecule has 3 aliphatic carbocycles. The van der Waals surface area contributed by atoms with Gasteiger partial charge in [0.05, 0.1) is 16.1 Å². The van der Waals surface area contributed by atoms with E-state index in [4.69, 9.17) is 18.4 Å². The minimum Gasteiger partial charge on any atom is -0.508 e. The van der Waals surface area contributed by atoms with E-state index in [1.165, 1.54) is 0 Å². The first kappa shape index (κ1) is 42.9. The Hall–Kier alpha value is -4.18. The number of carbonyl (C=O) groups excluding carboxylic acids is 2. The molecule has 4 aromatic rings. The van der Waals surface area contributed by atoms with Gasteiger partial charge in [0, 0.05) is 35.8 Å². The first-order chi connectivity index (χ1) is 28.0. The van der Waals surface area contributed by atoms with Crippen LogP contribution in [0.15, 0.2) is 81.0 Å². The van der Waals surface area contributed by atoms with Crippen LogP contribution in [0.2, 0.25) is 18.1 Å². The van der Waals surface area contributed by atoms with E-state index in [2.05, 4.69) is 26.4 Å². The summed E-state index contributed by atoms with van der Waals surface area (Å²) in [5.41, 5.74) is 0.187. The summed E-state index contributed by atoms with van der Waals surface area (Å²) in [7, 11) is 0.759. The van der Waals surface area contributed by atoms with E-state index < -0.39 is 60.0 Å². The number of aromatic nitrogens is 1. The summed E-state index contributed by atoms with van der Waals surface area (Å²) in [6.07, 6.45) is 0.726. The molecule has 3 aromatic carbocycles. The van der Waals surface area contributed by atoms with Gasteiger partial charge in [0.15, 0.2) is 25.5 Å². The molecule has 11 nitrogen and oxygen atoms in total. The van der Waals surface area contributed by atoms with Gasteiger partial charge in [-0.3, -0.25) is 14.5 Å². The number of benzene rings is 3. The topological polar surface area (TPSA) is 144 Å². The standard InChI is InChI=1S/C45H53BrFN3O8Si/c1-44(2,3)59(6,7)58-45-31(37(50(4)5)40-34(42(45)54)43(49-57-40)56-25-27-17-12-9-13-18-27)22-28-21-29-33(38(52)32(28)41(45)53)39(55-24-26-15-10-8-11-16-26)35(46)30(36(29)47)23-48-19-14-20-51/h8-13,15-18,28,31,37,48,51,53H,14,19-25H2,1-7H3/t28-,31-,37-,45-/m0/s1. The SMILES string of the molecule is CN(C)[C@@H]1c2onc(OCc3ccccc3)c2C(=O)[C@@]2(O[Si](C)(C)C(C)(C)C)C(O)=C3C(=O)c4c(c(F)c(CNCCCO)c(Br)c4OCc4ccccc4)C[C@H]3C[C@@H]12. The molecule has 4 atom stereocenters. The van der Waals surface area contributed by atoms with Gasteiger partial charge in [-0.15, -0.1) is 0 Å². The van der Waals surface area contributed by atoms with Crippen molar-refractivity contribution in [1.82, 2.24) is 15.4 Å². The summed E-state index contributed by atoms with van der Waals surface area (Å²) in [6, 6.07) is 18.2. The minimum absolute atomic E-state index is 0.00638. The lowest BCUT2D eigenvalue weighted by Gasteiger charge is -2.55. The Balaban J connectivity index is 1.42. The summed E-state index contributed by atoms with van der Waals surface area (Å²) in [6.45, 7) is 10.9. The summed E-state index contributed by atoms with van der Waals surface area (Å²) >= 11 is 3.60. The second-order valence-electron chi connectivity index (χ2n) is 17.5. The number of hydrogen-bond acceptors (Lipinski definition) is 11. The van der Waals surface area contributed by atoms with Crippen molar-refractivity contribution in [1.29, 1.82) is 0 Å². The van der Waals surface area contributed by atoms with Crippen LogP contribution in [0.5, 0.6) is 11.6 Å². The van der Waals surface area contributed by atoms with Crippen molar-refractivity contribution in [2.24, 2.45) is 11.8 Å². The van der Waals surface area contributed by atoms with E-state index in [0.29, 0.717) is 13.0 Å². The number of nitrogens with zero attached hydrogens (tertiary/aromatic N) is 2. The van der Waals surface area contributed by atoms with Crippen molar-refractivity contribution in [3.63, 3.8) is 0 Å². The van der Waals surface area contributed by atoms with Crippen LogP contribution < -0.4 is 14.8 Å². The van der Waals surface area contributed by atoms with E-state index in [1.54, 1.807) is 0 Å². The molecule has 0 unspecified atom stereocenters. The van der Waals surface area contributed by atoms with Crippen LogP contribution in [0, 0.1) is 17.7 Å². The van der Waals surface area contributed by atoms with Gasteiger partial charge in [-0.05, 0) is 96.2 Å². The Labute approximate surface area is 354 Å². The maximum Gasteiger partial charge on any atom is 0.265 e. The molecule has 0 fully saturated rings. The maximum atomic E-state index is 17.0. The fraction of sp³-hybridized carbons (Fsp3) is 0.444. The quantitative estimate of drug-likeness (QED) is 0.0827. The molecule has 0 radical (unpaired) electrons. The van der Waals surface area contributed by atoms with Crippen molar-refractivity contribution in [3.05, 3.63) is 121 Å². The second-order valence-corrected chi connectivity index (χ2v) is 23.0. The van der Waals surface area contributed by atoms with E-state index in [0.717, 1.165) is 11.1 Å². The highest BCUT2D eigenvalue weighted by Gasteiger charge is 2.67. The van der Waals surface area contributed by atoms with Gasteiger partial charge in [-0.2, -0.15) is 0 Å². The predicted octanol–water partition coefficient (Wildman–Crippen LogP) is 8.65. The number of allylic oxidation sites excluding steroid dienone is 1. The zero-order valence-electron chi connectivity index (χ0n) is 34.7. The van der Waals surface area contributed by atoms with E-state index in [9.17, 15) is 10.2 Å². The van der Waals surface area contributed by atoms with Crippen LogP contribution in [0.25, 0.3) is 0 Å². The van der Waals surface area contributed by atoms with Crippen molar-refractivity contribution in [2.75, 3.05) is 27.2 Å². The first-order valence-corrected chi connectivity index (χ1v) is 23.8. The molecule has 1 heterocycles. The Kier molecular flexibility index (Phi) is 12.1. The number of halogens is 2. The van der Waals surface area contributed by atoms with Crippen molar-refractivity contribution < 1.29 is 42.6 Å². The summed E-state index contributed by atoms with van der Waals surface area (Å²) in [5.74, 6) is -3.30. The van der Waals surface area contributed by atoms with Crippen molar-refractivity contribution in [2.45, 2.75) is 89.6 Å². The van der Waals surface area contributed by atoms with Gasteiger partial charge in [0.1, 0.15) is 36.1 Å². The largest absolute Gasteiger partial charge is 0.508 e. The normalized spacial score (nSPS) is 21.6. The van der Waals surface area contributed by atoms with Crippen molar-refractivity contribution >= 4 is 35.8 Å². The predicted molar refractivity (Wildman–Crippen MR) is 227 cm³/mol. The molecule has 314 valence electrons. The third-order valence-corrected chi connectivity index (χ3v) is 17.7. The maximum absolute atomic E-state index is 17.0. The van der Waals surface area contributed by atoms with Gasteiger partial charge in [0.2, 0.25) is 5.78 Å². The number of ketones is 2. The highest BCUT2D eigenvalue weighted by atomic mass is 79.9. The molecule has 0 bridgehead atoms. The van der Waals surface area contributed by atoms with E-state index >= 15 is 14.0 Å². The van der Waals surface area contributed by atoms with Crippen LogP contribution in [0.1, 0.15) is 88.4 Å². The number of nitrogens with one attached hydrogen (secondary N) is 1. The number of aliphatic hydroxyl groups excluding tert-OH is 2. The van der Waals surface area contributed by atoms with Crippen LogP contribution >= 0.6 is 15.9 Å². The lowest BCUT2D eigenvalue weighted by Crippen LogP contribution is -2.65. The smallest absolute Gasteiger partial charge is 0.265 e. The molecule has 0 saturated carbocycles. The molecule has 3 N–H and O–H groups in total. The lowest BCUT2D eigenvalue weighted by molar-refractivity contribution is -0.0481. The molecule has 14 heteroatoms. The van der Waals surface area contributed by atoms with E-state index in [-0.39, 0.29) is 88.9 Å². The molecule has 0 amide bonds. The monoisotopic (exact) mass is 889 g/mol. The van der Waals surface area contributed by atoms with E-state index in [1.807, 2.05) is 114 Å². The fourth-order valence-electron chi connectivity index (χ4n) is 8.50. The fourth-order valence-corrected chi connectivity index (χ4v) is 10.6. The molecule has 1 aromatic heterocycles. The molecule has 59 heavy (non-hydrogen) atoms. The number of ether oxygens (including phenoxy) is 2. The average Bonchev–Trinajstić information content (AvgIpc) is 3.61. The first-order valence-electron chi connectivity index (χ1n) is 20.1. The molecular formula is C45H53BrFN3O8Si.